The maximum Gasteiger partial charge on any atom is 1.00 e. The summed E-state index contributed by atoms with van der Waals surface area (Å²) in [5.74, 6) is -2.36. The molecule has 5 radical (unpaired) electrons. The molecule has 0 bridgehead atoms. The standard InChI is InChI=1S/C14H9N4O2.Na/c1-14(2,3)20-13(19)12-10(6-17)8(4-15)9(5-16)11(12)7-18;/h1-3H3;/q;+1. The number of nitrogens with zero attached hydrogens (tertiary/aromatic N) is 4. The van der Waals surface area contributed by atoms with Crippen molar-refractivity contribution in [2.75, 3.05) is 0 Å². The second-order valence-electron chi connectivity index (χ2n) is 4.82. The molecule has 0 aromatic carbocycles. The van der Waals surface area contributed by atoms with Crippen molar-refractivity contribution in [3.05, 3.63) is 29.6 Å². The fourth-order valence-electron chi connectivity index (χ4n) is 1.61. The van der Waals surface area contributed by atoms with E-state index in [9.17, 15) is 4.79 Å². The van der Waals surface area contributed by atoms with Gasteiger partial charge in [-0.2, -0.15) is 21.0 Å². The molecule has 97 valence electrons. The Bertz CT molecular complexity index is 532. The molecule has 1 saturated carbocycles. The van der Waals surface area contributed by atoms with Crippen molar-refractivity contribution in [1.82, 2.24) is 0 Å². The molecule has 0 saturated heterocycles. The smallest absolute Gasteiger partial charge is 0.459 e. The topological polar surface area (TPSA) is 121 Å². The van der Waals surface area contributed by atoms with Crippen LogP contribution in [0.4, 0.5) is 0 Å². The van der Waals surface area contributed by atoms with E-state index in [-0.39, 0.29) is 59.1 Å². The van der Waals surface area contributed by atoms with Crippen LogP contribution in [0.5, 0.6) is 0 Å². The first-order valence-electron chi connectivity index (χ1n) is 5.51. The van der Waals surface area contributed by atoms with E-state index >= 15 is 0 Å². The Morgan fingerprint density at radius 2 is 1.19 bits per heavy atom. The normalized spacial score (nSPS) is 17.9. The largest absolute Gasteiger partial charge is 1.00 e. The Kier molecular flexibility index (Phi) is 6.89. The number of hydrogen-bond donors (Lipinski definition) is 0. The zero-order valence-corrected chi connectivity index (χ0v) is 14.1. The first-order valence-corrected chi connectivity index (χ1v) is 5.51. The number of ether oxygens (including phenoxy) is 1. The molecule has 0 amide bonds. The van der Waals surface area contributed by atoms with E-state index in [2.05, 4.69) is 0 Å². The van der Waals surface area contributed by atoms with Crippen molar-refractivity contribution in [2.24, 2.45) is 0 Å². The molecule has 1 fully saturated rings. The predicted octanol–water partition coefficient (Wildman–Crippen LogP) is -1.69. The van der Waals surface area contributed by atoms with Gasteiger partial charge in [0, 0.05) is 0 Å². The van der Waals surface area contributed by atoms with Gasteiger partial charge in [-0.3, -0.25) is 4.79 Å². The van der Waals surface area contributed by atoms with Gasteiger partial charge in [0.25, 0.3) is 0 Å². The van der Waals surface area contributed by atoms with Crippen molar-refractivity contribution in [3.8, 4) is 24.3 Å². The van der Waals surface area contributed by atoms with Gasteiger partial charge < -0.3 is 4.74 Å². The molecule has 0 aromatic rings. The molecule has 1 aliphatic carbocycles. The quantitative estimate of drug-likeness (QED) is 0.419. The minimum absolute atomic E-state index is 0. The number of carbonyl (C=O) groups excluding carboxylic acids is 1. The van der Waals surface area contributed by atoms with Gasteiger partial charge in [0.15, 0.2) is 0 Å². The van der Waals surface area contributed by atoms with Crippen LogP contribution in [0, 0.1) is 74.9 Å². The Labute approximate surface area is 146 Å². The van der Waals surface area contributed by atoms with Gasteiger partial charge in [-0.05, 0) is 20.8 Å². The van der Waals surface area contributed by atoms with Gasteiger partial charge in [-0.25, -0.2) is 0 Å². The van der Waals surface area contributed by atoms with Crippen molar-refractivity contribution in [3.63, 3.8) is 0 Å². The summed E-state index contributed by atoms with van der Waals surface area (Å²) in [6.07, 6.45) is 0. The summed E-state index contributed by atoms with van der Waals surface area (Å²) in [4.78, 5) is 12.1. The van der Waals surface area contributed by atoms with E-state index in [1.165, 1.54) is 0 Å². The van der Waals surface area contributed by atoms with E-state index in [1.807, 2.05) is 0 Å². The van der Waals surface area contributed by atoms with Gasteiger partial charge in [-0.1, -0.05) is 0 Å². The molecule has 0 unspecified atom stereocenters. The van der Waals surface area contributed by atoms with Crippen molar-refractivity contribution < 1.29 is 39.1 Å². The Morgan fingerprint density at radius 1 is 0.857 bits per heavy atom. The summed E-state index contributed by atoms with van der Waals surface area (Å²) >= 11 is 0. The summed E-state index contributed by atoms with van der Waals surface area (Å²) in [5, 5.41) is 36.1. The Hall–Kier alpha value is -1.57. The average molecular weight is 288 g/mol. The Morgan fingerprint density at radius 3 is 1.43 bits per heavy atom. The summed E-state index contributed by atoms with van der Waals surface area (Å²) in [6.45, 7) is 4.88. The van der Waals surface area contributed by atoms with Crippen LogP contribution in [0.3, 0.4) is 0 Å². The molecule has 0 N–H and O–H groups in total. The second-order valence-corrected chi connectivity index (χ2v) is 4.82. The third-order valence-corrected chi connectivity index (χ3v) is 2.30. The van der Waals surface area contributed by atoms with Gasteiger partial charge >= 0.3 is 35.5 Å². The SMILES string of the molecule is CC(C)(C)OC(=O)[C]1[C](C#N)[C](C#N)[C](C#N)[C]1C#N.[Na+]. The molecule has 6 nitrogen and oxygen atoms in total. The van der Waals surface area contributed by atoms with Gasteiger partial charge in [0.2, 0.25) is 0 Å². The molecule has 21 heavy (non-hydrogen) atoms. The fourth-order valence-corrected chi connectivity index (χ4v) is 1.61. The van der Waals surface area contributed by atoms with Crippen LogP contribution in [-0.2, 0) is 9.53 Å². The molecule has 0 atom stereocenters. The van der Waals surface area contributed by atoms with E-state index in [4.69, 9.17) is 25.8 Å². The number of nitriles is 4. The van der Waals surface area contributed by atoms with Gasteiger partial charge in [0.05, 0.1) is 24.3 Å². The van der Waals surface area contributed by atoms with Crippen molar-refractivity contribution in [2.45, 2.75) is 26.4 Å². The van der Waals surface area contributed by atoms with Crippen LogP contribution in [-0.4, -0.2) is 11.6 Å². The number of rotatable bonds is 1. The van der Waals surface area contributed by atoms with Crippen LogP contribution in [0.25, 0.3) is 0 Å². The molecule has 0 spiro atoms. The monoisotopic (exact) mass is 288 g/mol. The van der Waals surface area contributed by atoms with Crippen LogP contribution < -0.4 is 29.6 Å². The summed E-state index contributed by atoms with van der Waals surface area (Å²) < 4.78 is 5.11. The minimum atomic E-state index is -0.899. The molecule has 1 rings (SSSR count). The Balaban J connectivity index is 0.00000400. The first kappa shape index (κ1) is 19.4. The van der Waals surface area contributed by atoms with E-state index in [0.717, 1.165) is 0 Å². The van der Waals surface area contributed by atoms with E-state index in [1.54, 1.807) is 45.0 Å². The average Bonchev–Trinajstić information content (AvgIpc) is 2.68. The molecular formula is C14H9N4NaO2+. The zero-order chi connectivity index (χ0) is 15.5. The summed E-state index contributed by atoms with van der Waals surface area (Å²) in [7, 11) is 0. The molecule has 1 aliphatic rings. The van der Waals surface area contributed by atoms with Crippen LogP contribution in [0.15, 0.2) is 0 Å². The maximum atomic E-state index is 12.1. The number of esters is 1. The molecular weight excluding hydrogens is 279 g/mol. The van der Waals surface area contributed by atoms with Gasteiger partial charge in [0.1, 0.15) is 35.2 Å². The first-order chi connectivity index (χ1) is 9.30. The number of carbonyl (C=O) groups is 1. The van der Waals surface area contributed by atoms with Gasteiger partial charge in [-0.15, -0.1) is 0 Å². The van der Waals surface area contributed by atoms with Crippen LogP contribution >= 0.6 is 0 Å². The second kappa shape index (κ2) is 7.44. The third kappa shape index (κ3) is 3.96. The van der Waals surface area contributed by atoms with Crippen LogP contribution in [0.2, 0.25) is 0 Å². The molecule has 0 heterocycles. The predicted molar refractivity (Wildman–Crippen MR) is 64.5 cm³/mol. The molecule has 7 heteroatoms. The van der Waals surface area contributed by atoms with E-state index < -0.39 is 11.6 Å². The molecule has 0 aromatic heterocycles. The molecule has 0 aliphatic heterocycles. The maximum absolute atomic E-state index is 12.1. The summed E-state index contributed by atoms with van der Waals surface area (Å²) in [6, 6.07) is 6.72. The van der Waals surface area contributed by atoms with Crippen molar-refractivity contribution in [1.29, 1.82) is 21.0 Å². The van der Waals surface area contributed by atoms with Crippen LogP contribution in [0.1, 0.15) is 20.8 Å². The third-order valence-electron chi connectivity index (χ3n) is 2.30. The summed E-state index contributed by atoms with van der Waals surface area (Å²) in [5.41, 5.74) is -0.826. The van der Waals surface area contributed by atoms with E-state index in [0.29, 0.717) is 0 Å². The number of hydrogen-bond acceptors (Lipinski definition) is 6. The minimum Gasteiger partial charge on any atom is -0.459 e. The fraction of sp³-hybridized carbons (Fsp3) is 0.286. The zero-order valence-electron chi connectivity index (χ0n) is 12.1. The van der Waals surface area contributed by atoms with Crippen molar-refractivity contribution >= 4 is 5.97 Å².